The van der Waals surface area contributed by atoms with Crippen molar-refractivity contribution in [2.45, 2.75) is 406 Å². The molecule has 0 spiro atoms. The van der Waals surface area contributed by atoms with Crippen molar-refractivity contribution in [1.29, 1.82) is 0 Å². The molecule has 0 fully saturated rings. The fourth-order valence-corrected chi connectivity index (χ4v) is 10.8. The lowest BCUT2D eigenvalue weighted by Crippen LogP contribution is -2.30. The van der Waals surface area contributed by atoms with Gasteiger partial charge in [0.05, 0.1) is 0 Å². The van der Waals surface area contributed by atoms with Crippen LogP contribution < -0.4 is 0 Å². The van der Waals surface area contributed by atoms with Crippen LogP contribution in [0.1, 0.15) is 400 Å². The van der Waals surface area contributed by atoms with Gasteiger partial charge >= 0.3 is 17.9 Å². The van der Waals surface area contributed by atoms with Crippen LogP contribution in [-0.4, -0.2) is 37.2 Å². The van der Waals surface area contributed by atoms with Crippen LogP contribution >= 0.6 is 0 Å². The largest absolute Gasteiger partial charge is 0.462 e. The molecule has 0 aliphatic heterocycles. The highest BCUT2D eigenvalue weighted by Crippen LogP contribution is 2.19. The Morgan fingerprint density at radius 1 is 0.250 bits per heavy atom. The van der Waals surface area contributed by atoms with E-state index in [1.54, 1.807) is 0 Å². The first-order valence-electron chi connectivity index (χ1n) is 34.7. The van der Waals surface area contributed by atoms with E-state index in [9.17, 15) is 14.4 Å². The van der Waals surface area contributed by atoms with Crippen LogP contribution in [0.5, 0.6) is 0 Å². The first-order valence-corrected chi connectivity index (χ1v) is 34.7. The summed E-state index contributed by atoms with van der Waals surface area (Å²) in [5.41, 5.74) is 0. The first kappa shape index (κ1) is 74.2. The lowest BCUT2D eigenvalue weighted by molar-refractivity contribution is -0.167. The van der Waals surface area contributed by atoms with Gasteiger partial charge in [-0.1, -0.05) is 354 Å². The summed E-state index contributed by atoms with van der Waals surface area (Å²) in [6.45, 7) is 6.66. The Kier molecular flexibility index (Phi) is 64.1. The third-order valence-corrected chi connectivity index (χ3v) is 16.0. The van der Waals surface area contributed by atoms with Crippen molar-refractivity contribution in [3.05, 3.63) is 12.2 Å². The predicted octanol–water partition coefficient (Wildman–Crippen LogP) is 23.6. The van der Waals surface area contributed by atoms with Crippen molar-refractivity contribution in [3.63, 3.8) is 0 Å². The minimum absolute atomic E-state index is 0.0665. The van der Waals surface area contributed by atoms with Gasteiger partial charge in [0.25, 0.3) is 0 Å². The fraction of sp³-hybridized carbons (Fsp3) is 0.929. The number of carbonyl (C=O) groups excluding carboxylic acids is 3. The molecule has 0 bridgehead atoms. The Hall–Kier alpha value is -1.85. The van der Waals surface area contributed by atoms with Gasteiger partial charge in [0, 0.05) is 19.3 Å². The molecule has 0 N–H and O–H groups in total. The highest BCUT2D eigenvalue weighted by Gasteiger charge is 2.19. The zero-order valence-electron chi connectivity index (χ0n) is 51.8. The van der Waals surface area contributed by atoms with Crippen LogP contribution in [0, 0.1) is 0 Å². The van der Waals surface area contributed by atoms with Crippen molar-refractivity contribution >= 4 is 17.9 Å². The van der Waals surface area contributed by atoms with E-state index >= 15 is 0 Å². The summed E-state index contributed by atoms with van der Waals surface area (Å²) in [6, 6.07) is 0. The van der Waals surface area contributed by atoms with Gasteiger partial charge in [-0.15, -0.1) is 0 Å². The van der Waals surface area contributed by atoms with Gasteiger partial charge in [0.15, 0.2) is 6.10 Å². The number of esters is 3. The number of rotatable bonds is 65. The van der Waals surface area contributed by atoms with Crippen molar-refractivity contribution in [2.75, 3.05) is 13.2 Å². The quantitative estimate of drug-likeness (QED) is 0.0261. The Morgan fingerprint density at radius 2 is 0.447 bits per heavy atom. The number of ether oxygens (including phenoxy) is 3. The lowest BCUT2D eigenvalue weighted by atomic mass is 10.0. The van der Waals surface area contributed by atoms with E-state index in [-0.39, 0.29) is 31.1 Å². The zero-order chi connectivity index (χ0) is 55.0. The number of carbonyl (C=O) groups is 3. The third-order valence-electron chi connectivity index (χ3n) is 16.0. The van der Waals surface area contributed by atoms with Crippen LogP contribution in [0.2, 0.25) is 0 Å². The SMILES string of the molecule is CCCC/C=C\CCCCCCCC(=O)OCC(COC(=O)CCCCCCCCCCCCCCCCCCCCCCCCCCCCCCCCCCCC)OC(=O)CCCCCCCCCCCCCCC. The van der Waals surface area contributed by atoms with Crippen LogP contribution in [0.15, 0.2) is 12.2 Å². The normalized spacial score (nSPS) is 12.0. The Bertz CT molecular complexity index is 1180. The lowest BCUT2D eigenvalue weighted by Gasteiger charge is -2.18. The Balaban J connectivity index is 3.96. The molecular formula is C70H134O6. The molecule has 1 atom stereocenters. The number of unbranched alkanes of at least 4 members (excludes halogenated alkanes) is 52. The molecule has 1 unspecified atom stereocenters. The van der Waals surface area contributed by atoms with E-state index in [1.807, 2.05) is 0 Å². The average molecular weight is 1070 g/mol. The zero-order valence-corrected chi connectivity index (χ0v) is 51.8. The maximum Gasteiger partial charge on any atom is 0.306 e. The molecule has 0 aromatic carbocycles. The minimum Gasteiger partial charge on any atom is -0.462 e. The van der Waals surface area contributed by atoms with Crippen LogP contribution in [0.4, 0.5) is 0 Å². The molecule has 6 nitrogen and oxygen atoms in total. The summed E-state index contributed by atoms with van der Waals surface area (Å²) < 4.78 is 16.9. The van der Waals surface area contributed by atoms with Crippen molar-refractivity contribution in [2.24, 2.45) is 0 Å². The molecule has 450 valence electrons. The predicted molar refractivity (Wildman–Crippen MR) is 330 cm³/mol. The molecule has 0 aromatic rings. The minimum atomic E-state index is -0.768. The summed E-state index contributed by atoms with van der Waals surface area (Å²) in [4.78, 5) is 38.2. The highest BCUT2D eigenvalue weighted by atomic mass is 16.6. The van der Waals surface area contributed by atoms with Crippen molar-refractivity contribution in [3.8, 4) is 0 Å². The number of hydrogen-bond donors (Lipinski definition) is 0. The maximum absolute atomic E-state index is 12.8. The highest BCUT2D eigenvalue weighted by molar-refractivity contribution is 5.71. The van der Waals surface area contributed by atoms with E-state index in [4.69, 9.17) is 14.2 Å². The molecule has 76 heavy (non-hydrogen) atoms. The molecule has 0 saturated carbocycles. The van der Waals surface area contributed by atoms with Gasteiger partial charge in [-0.3, -0.25) is 14.4 Å². The molecular weight excluding hydrogens is 937 g/mol. The van der Waals surface area contributed by atoms with Gasteiger partial charge in [-0.25, -0.2) is 0 Å². The van der Waals surface area contributed by atoms with Crippen LogP contribution in [0.25, 0.3) is 0 Å². The van der Waals surface area contributed by atoms with E-state index in [0.29, 0.717) is 19.3 Å². The Labute approximate surface area is 475 Å². The Morgan fingerprint density at radius 3 is 0.697 bits per heavy atom. The van der Waals surface area contributed by atoms with Gasteiger partial charge in [0.1, 0.15) is 13.2 Å². The molecule has 0 aliphatic carbocycles. The van der Waals surface area contributed by atoms with Gasteiger partial charge in [-0.2, -0.15) is 0 Å². The molecule has 0 aromatic heterocycles. The van der Waals surface area contributed by atoms with Gasteiger partial charge in [-0.05, 0) is 38.5 Å². The summed E-state index contributed by atoms with van der Waals surface area (Å²) in [6.07, 6.45) is 78.4. The summed E-state index contributed by atoms with van der Waals surface area (Å²) in [7, 11) is 0. The number of hydrogen-bond acceptors (Lipinski definition) is 6. The van der Waals surface area contributed by atoms with Crippen LogP contribution in [0.3, 0.4) is 0 Å². The topological polar surface area (TPSA) is 78.9 Å². The van der Waals surface area contributed by atoms with Crippen molar-refractivity contribution in [1.82, 2.24) is 0 Å². The van der Waals surface area contributed by atoms with Gasteiger partial charge in [0.2, 0.25) is 0 Å². The standard InChI is InChI=1S/C70H134O6/c1-4-7-10-13-16-19-22-24-25-26-27-28-29-30-31-32-33-34-35-36-37-38-39-40-41-42-43-44-46-48-51-54-57-60-63-69(72)75-66-67(65-74-68(71)62-59-56-53-50-47-21-18-15-12-9-6-3)76-70(73)64-61-58-55-52-49-45-23-20-17-14-11-8-5-2/h15,18,67H,4-14,16-17,19-66H2,1-3H3/b18-15-. The second kappa shape index (κ2) is 65.7. The average Bonchev–Trinajstić information content (AvgIpc) is 3.42. The maximum atomic E-state index is 12.8. The van der Waals surface area contributed by atoms with E-state index < -0.39 is 6.10 Å². The van der Waals surface area contributed by atoms with Crippen molar-refractivity contribution < 1.29 is 28.6 Å². The summed E-state index contributed by atoms with van der Waals surface area (Å²) in [5, 5.41) is 0. The molecule has 0 heterocycles. The third kappa shape index (κ3) is 63.0. The second-order valence-corrected chi connectivity index (χ2v) is 23.8. The molecule has 0 aliphatic rings. The van der Waals surface area contributed by atoms with E-state index in [2.05, 4.69) is 32.9 Å². The smallest absolute Gasteiger partial charge is 0.306 e. The molecule has 0 rings (SSSR count). The van der Waals surface area contributed by atoms with Gasteiger partial charge < -0.3 is 14.2 Å². The first-order chi connectivity index (χ1) is 37.5. The monoisotopic (exact) mass is 1070 g/mol. The molecule has 0 radical (unpaired) electrons. The van der Waals surface area contributed by atoms with Crippen LogP contribution in [-0.2, 0) is 28.6 Å². The molecule has 0 saturated heterocycles. The number of allylic oxidation sites excluding steroid dienone is 2. The fourth-order valence-electron chi connectivity index (χ4n) is 10.8. The van der Waals surface area contributed by atoms with E-state index in [1.165, 1.54) is 295 Å². The van der Waals surface area contributed by atoms with E-state index in [0.717, 1.165) is 64.2 Å². The molecule has 6 heteroatoms. The second-order valence-electron chi connectivity index (χ2n) is 23.8. The summed E-state index contributed by atoms with van der Waals surface area (Å²) >= 11 is 0. The summed E-state index contributed by atoms with van der Waals surface area (Å²) in [5.74, 6) is -0.850. The molecule has 0 amide bonds.